The van der Waals surface area contributed by atoms with Crippen LogP contribution in [0.2, 0.25) is 0 Å². The highest BCUT2D eigenvalue weighted by molar-refractivity contribution is 7.80. The molecule has 0 aliphatic heterocycles. The van der Waals surface area contributed by atoms with E-state index in [2.05, 4.69) is 0 Å². The molecule has 0 saturated carbocycles. The Morgan fingerprint density at radius 3 is 2.18 bits per heavy atom. The van der Waals surface area contributed by atoms with Crippen LogP contribution in [0.1, 0.15) is 19.8 Å². The van der Waals surface area contributed by atoms with Gasteiger partial charge < -0.3 is 9.47 Å². The minimum atomic E-state index is 0.700. The van der Waals surface area contributed by atoms with Gasteiger partial charge in [-0.2, -0.15) is 0 Å². The van der Waals surface area contributed by atoms with Crippen molar-refractivity contribution in [1.29, 1.82) is 0 Å². The minimum absolute atomic E-state index is 0.700. The monoisotopic (exact) mass is 177 g/mol. The maximum Gasteiger partial charge on any atom is 0.0565 e. The Labute approximate surface area is 74.7 Å². The first-order valence-corrected chi connectivity index (χ1v) is 4.73. The van der Waals surface area contributed by atoms with Crippen molar-refractivity contribution < 1.29 is 9.47 Å². The highest BCUT2D eigenvalue weighted by atomic mass is 32.1. The van der Waals surface area contributed by atoms with Crippen LogP contribution >= 0.6 is 12.6 Å². The van der Waals surface area contributed by atoms with Gasteiger partial charge in [0.25, 0.3) is 0 Å². The Bertz CT molecular complexity index is 61.1. The average Bonchev–Trinajstić information content (AvgIpc) is 2.03. The van der Waals surface area contributed by atoms with Gasteiger partial charge in [-0.05, 0) is 19.8 Å². The number of ether oxygens (including phenoxy) is 2. The zero-order valence-electron chi connectivity index (χ0n) is 7.17. The lowest BCUT2D eigenvalue weighted by molar-refractivity contribution is 0.115. The van der Waals surface area contributed by atoms with Crippen molar-refractivity contribution in [3.8, 4) is 0 Å². The molecule has 1 radical (unpaired) electrons. The molecule has 11 heavy (non-hydrogen) atoms. The van der Waals surface area contributed by atoms with E-state index in [1.54, 1.807) is 0 Å². The lowest BCUT2D eigenvalue weighted by atomic mass is 10.3. The summed E-state index contributed by atoms with van der Waals surface area (Å²) in [6.45, 7) is 5.21. The molecule has 0 N–H and O–H groups in total. The largest absolute Gasteiger partial charge is 0.382 e. The van der Waals surface area contributed by atoms with Crippen molar-refractivity contribution in [1.82, 2.24) is 0 Å². The summed E-state index contributed by atoms with van der Waals surface area (Å²) in [4.78, 5) is 0. The number of unbranched alkanes of at least 4 members (excludes halogenated alkanes) is 1. The van der Waals surface area contributed by atoms with Crippen LogP contribution in [-0.2, 0) is 9.47 Å². The second-order valence-electron chi connectivity index (χ2n) is 2.22. The van der Waals surface area contributed by atoms with Crippen LogP contribution in [0, 0.1) is 0 Å². The molecule has 0 atom stereocenters. The molecule has 0 rings (SSSR count). The molecule has 3 heteroatoms. The van der Waals surface area contributed by atoms with Crippen LogP contribution in [0.25, 0.3) is 0 Å². The quantitative estimate of drug-likeness (QED) is 0.528. The van der Waals surface area contributed by atoms with Crippen LogP contribution in [0.3, 0.4) is 0 Å². The van der Waals surface area contributed by atoms with E-state index in [1.165, 1.54) is 0 Å². The van der Waals surface area contributed by atoms with Gasteiger partial charge in [0, 0.05) is 25.6 Å². The van der Waals surface area contributed by atoms with Crippen LogP contribution in [0.15, 0.2) is 0 Å². The molecular formula is C8H17O2S. The van der Waals surface area contributed by atoms with E-state index in [0.29, 0.717) is 12.4 Å². The van der Waals surface area contributed by atoms with E-state index in [-0.39, 0.29) is 0 Å². The average molecular weight is 177 g/mol. The van der Waals surface area contributed by atoms with E-state index >= 15 is 0 Å². The van der Waals surface area contributed by atoms with Gasteiger partial charge in [-0.1, -0.05) is 12.6 Å². The molecular weight excluding hydrogens is 160 g/mol. The normalized spacial score (nSPS) is 10.4. The van der Waals surface area contributed by atoms with Crippen LogP contribution in [0.5, 0.6) is 0 Å². The van der Waals surface area contributed by atoms with Crippen molar-refractivity contribution in [3.63, 3.8) is 0 Å². The van der Waals surface area contributed by atoms with Crippen molar-refractivity contribution in [3.05, 3.63) is 0 Å². The Kier molecular flexibility index (Phi) is 10.5. The molecule has 0 amide bonds. The lowest BCUT2D eigenvalue weighted by Crippen LogP contribution is -2.00. The first kappa shape index (κ1) is 11.3. The standard InChI is InChI=1S/C8H17O2S/c1-2-9-5-3-4-6-10-7-8-11/h2-8H2,1H3. The molecule has 0 bridgehead atoms. The zero-order chi connectivity index (χ0) is 8.36. The van der Waals surface area contributed by atoms with Gasteiger partial charge in [0.05, 0.1) is 6.61 Å². The summed E-state index contributed by atoms with van der Waals surface area (Å²) >= 11 is 4.72. The number of hydrogen-bond acceptors (Lipinski definition) is 2. The highest BCUT2D eigenvalue weighted by Crippen LogP contribution is 1.91. The summed E-state index contributed by atoms with van der Waals surface area (Å²) in [5.41, 5.74) is 0. The molecule has 0 aromatic carbocycles. The lowest BCUT2D eigenvalue weighted by Gasteiger charge is -2.01. The van der Waals surface area contributed by atoms with Gasteiger partial charge in [0.2, 0.25) is 0 Å². The first-order valence-electron chi connectivity index (χ1n) is 4.15. The molecule has 0 saturated heterocycles. The third-order valence-electron chi connectivity index (χ3n) is 1.26. The minimum Gasteiger partial charge on any atom is -0.382 e. The van der Waals surface area contributed by atoms with Gasteiger partial charge in [-0.3, -0.25) is 0 Å². The first-order chi connectivity index (χ1) is 5.41. The molecule has 0 fully saturated rings. The SMILES string of the molecule is CCOCCCCOCC[S]. The molecule has 67 valence electrons. The summed E-state index contributed by atoms with van der Waals surface area (Å²) in [5.74, 6) is 0.700. The Morgan fingerprint density at radius 1 is 1.00 bits per heavy atom. The van der Waals surface area contributed by atoms with Crippen molar-refractivity contribution in [2.45, 2.75) is 19.8 Å². The van der Waals surface area contributed by atoms with Crippen molar-refractivity contribution in [2.75, 3.05) is 32.2 Å². The van der Waals surface area contributed by atoms with Crippen molar-refractivity contribution >= 4 is 12.6 Å². The van der Waals surface area contributed by atoms with Gasteiger partial charge in [0.15, 0.2) is 0 Å². The summed E-state index contributed by atoms with van der Waals surface area (Å²) < 4.78 is 10.4. The summed E-state index contributed by atoms with van der Waals surface area (Å²) in [5, 5.41) is 0. The molecule has 0 aliphatic rings. The fraction of sp³-hybridized carbons (Fsp3) is 1.00. The Morgan fingerprint density at radius 2 is 1.64 bits per heavy atom. The van der Waals surface area contributed by atoms with Gasteiger partial charge >= 0.3 is 0 Å². The Hall–Kier alpha value is 0.270. The van der Waals surface area contributed by atoms with E-state index in [9.17, 15) is 0 Å². The molecule has 0 unspecified atom stereocenters. The zero-order valence-corrected chi connectivity index (χ0v) is 7.99. The maximum atomic E-state index is 5.20. The highest BCUT2D eigenvalue weighted by Gasteiger charge is 1.88. The second-order valence-corrected chi connectivity index (χ2v) is 2.63. The van der Waals surface area contributed by atoms with Crippen molar-refractivity contribution in [2.24, 2.45) is 0 Å². The smallest absolute Gasteiger partial charge is 0.0565 e. The van der Waals surface area contributed by atoms with E-state index in [1.807, 2.05) is 6.92 Å². The predicted octanol–water partition coefficient (Wildman–Crippen LogP) is 2.02. The molecule has 0 aromatic rings. The van der Waals surface area contributed by atoms with Crippen LogP contribution in [-0.4, -0.2) is 32.2 Å². The van der Waals surface area contributed by atoms with E-state index in [4.69, 9.17) is 22.1 Å². The van der Waals surface area contributed by atoms with E-state index < -0.39 is 0 Å². The summed E-state index contributed by atoms with van der Waals surface area (Å²) in [6.07, 6.45) is 2.17. The third-order valence-corrected chi connectivity index (χ3v) is 1.43. The topological polar surface area (TPSA) is 18.5 Å². The summed E-state index contributed by atoms with van der Waals surface area (Å²) in [6, 6.07) is 0. The number of hydrogen-bond donors (Lipinski definition) is 0. The van der Waals surface area contributed by atoms with Gasteiger partial charge in [-0.25, -0.2) is 0 Å². The third kappa shape index (κ3) is 10.3. The maximum absolute atomic E-state index is 5.20. The summed E-state index contributed by atoms with van der Waals surface area (Å²) in [7, 11) is 0. The van der Waals surface area contributed by atoms with Crippen LogP contribution in [0.4, 0.5) is 0 Å². The molecule has 0 aromatic heterocycles. The molecule has 0 heterocycles. The Balaban J connectivity index is 2.69. The second kappa shape index (κ2) is 10.3. The molecule has 0 aliphatic carbocycles. The van der Waals surface area contributed by atoms with Gasteiger partial charge in [-0.15, -0.1) is 0 Å². The fourth-order valence-electron chi connectivity index (χ4n) is 0.714. The predicted molar refractivity (Wildman–Crippen MR) is 49.0 cm³/mol. The molecule has 2 nitrogen and oxygen atoms in total. The van der Waals surface area contributed by atoms with E-state index in [0.717, 1.165) is 32.7 Å². The molecule has 0 spiro atoms. The van der Waals surface area contributed by atoms with Gasteiger partial charge in [0.1, 0.15) is 0 Å². The van der Waals surface area contributed by atoms with Crippen LogP contribution < -0.4 is 0 Å². The fourth-order valence-corrected chi connectivity index (χ4v) is 0.831. The number of rotatable bonds is 8.